The third kappa shape index (κ3) is 4.82. The van der Waals surface area contributed by atoms with Crippen molar-refractivity contribution in [3.05, 3.63) is 45.4 Å². The van der Waals surface area contributed by atoms with E-state index in [9.17, 15) is 9.18 Å². The molecule has 1 saturated heterocycles. The van der Waals surface area contributed by atoms with Crippen LogP contribution in [-0.4, -0.2) is 55.2 Å². The predicted molar refractivity (Wildman–Crippen MR) is 115 cm³/mol. The van der Waals surface area contributed by atoms with Gasteiger partial charge in [-0.05, 0) is 30.3 Å². The Labute approximate surface area is 181 Å². The van der Waals surface area contributed by atoms with Gasteiger partial charge in [0.05, 0.1) is 32.6 Å². The molecule has 150 valence electrons. The largest absolute Gasteiger partial charge is 0.379 e. The van der Waals surface area contributed by atoms with E-state index in [1.165, 1.54) is 34.8 Å². The molecule has 0 aliphatic carbocycles. The highest BCUT2D eigenvalue weighted by molar-refractivity contribution is 7.22. The van der Waals surface area contributed by atoms with Gasteiger partial charge in [-0.2, -0.15) is 0 Å². The van der Waals surface area contributed by atoms with Gasteiger partial charge in [0.2, 0.25) is 0 Å². The van der Waals surface area contributed by atoms with Gasteiger partial charge < -0.3 is 4.74 Å². The first-order valence-corrected chi connectivity index (χ1v) is 10.5. The normalized spacial score (nSPS) is 14.8. The molecule has 1 aromatic carbocycles. The Hall–Kier alpha value is -1.29. The molecule has 1 aliphatic rings. The van der Waals surface area contributed by atoms with E-state index in [4.69, 9.17) is 16.3 Å². The Morgan fingerprint density at radius 3 is 2.75 bits per heavy atom. The monoisotopic (exact) mass is 461 g/mol. The van der Waals surface area contributed by atoms with Crippen molar-refractivity contribution >= 4 is 67.9 Å². The molecule has 0 spiro atoms. The molecule has 0 radical (unpaired) electrons. The van der Waals surface area contributed by atoms with Crippen LogP contribution in [0.25, 0.3) is 10.2 Å². The number of morpholine rings is 1. The molecule has 1 fully saturated rings. The summed E-state index contributed by atoms with van der Waals surface area (Å²) in [6.45, 7) is 4.31. The van der Waals surface area contributed by atoms with Crippen LogP contribution in [0.1, 0.15) is 9.67 Å². The minimum absolute atomic E-state index is 0. The van der Waals surface area contributed by atoms with Crippen molar-refractivity contribution in [3.8, 4) is 0 Å². The van der Waals surface area contributed by atoms with Gasteiger partial charge in [0.1, 0.15) is 5.82 Å². The maximum atomic E-state index is 13.5. The van der Waals surface area contributed by atoms with Gasteiger partial charge in [0.25, 0.3) is 5.91 Å². The zero-order chi connectivity index (χ0) is 18.8. The van der Waals surface area contributed by atoms with Crippen molar-refractivity contribution in [1.82, 2.24) is 9.88 Å². The summed E-state index contributed by atoms with van der Waals surface area (Å²) >= 11 is 8.57. The molecule has 0 N–H and O–H groups in total. The molecule has 10 heteroatoms. The maximum Gasteiger partial charge on any atom is 0.270 e. The molecule has 3 aromatic rings. The molecule has 28 heavy (non-hydrogen) atoms. The standard InChI is InChI=1S/C18H17ClFN3O2S2.ClH/c19-16-4-3-14(26-16)17(24)23(6-5-22-7-9-25-10-8-22)18-21-13-2-1-12(20)11-15(13)27-18;/h1-4,11H,5-10H2;1H. The number of hydrogen-bond acceptors (Lipinski definition) is 6. The summed E-state index contributed by atoms with van der Waals surface area (Å²) in [4.78, 5) is 22.2. The Balaban J connectivity index is 0.00000225. The summed E-state index contributed by atoms with van der Waals surface area (Å²) in [7, 11) is 0. The SMILES string of the molecule is Cl.O=C(c1ccc(Cl)s1)N(CCN1CCOCC1)c1nc2ccc(F)cc2s1. The van der Waals surface area contributed by atoms with Crippen LogP contribution in [0, 0.1) is 5.82 Å². The average molecular weight is 462 g/mol. The number of nitrogens with zero attached hydrogens (tertiary/aromatic N) is 3. The highest BCUT2D eigenvalue weighted by Gasteiger charge is 2.24. The number of amides is 1. The van der Waals surface area contributed by atoms with Gasteiger partial charge in [-0.3, -0.25) is 14.6 Å². The number of anilines is 1. The number of aromatic nitrogens is 1. The molecule has 0 saturated carbocycles. The molecule has 1 amide bonds. The van der Waals surface area contributed by atoms with Crippen LogP contribution < -0.4 is 4.90 Å². The van der Waals surface area contributed by atoms with Crippen molar-refractivity contribution in [2.24, 2.45) is 0 Å². The Morgan fingerprint density at radius 2 is 2.04 bits per heavy atom. The number of carbonyl (C=O) groups excluding carboxylic acids is 1. The van der Waals surface area contributed by atoms with E-state index in [0.29, 0.717) is 39.6 Å². The second-order valence-corrected chi connectivity index (χ2v) is 8.85. The highest BCUT2D eigenvalue weighted by Crippen LogP contribution is 2.31. The van der Waals surface area contributed by atoms with Gasteiger partial charge in [0.15, 0.2) is 5.13 Å². The van der Waals surface area contributed by atoms with E-state index >= 15 is 0 Å². The van der Waals surface area contributed by atoms with Crippen LogP contribution in [-0.2, 0) is 4.74 Å². The lowest BCUT2D eigenvalue weighted by Gasteiger charge is -2.29. The van der Waals surface area contributed by atoms with Crippen LogP contribution in [0.4, 0.5) is 9.52 Å². The topological polar surface area (TPSA) is 45.7 Å². The van der Waals surface area contributed by atoms with Gasteiger partial charge >= 0.3 is 0 Å². The number of rotatable bonds is 5. The van der Waals surface area contributed by atoms with Gasteiger partial charge in [0, 0.05) is 26.2 Å². The van der Waals surface area contributed by atoms with Crippen molar-refractivity contribution in [3.63, 3.8) is 0 Å². The first kappa shape index (κ1) is 21.4. The summed E-state index contributed by atoms with van der Waals surface area (Å²) in [5, 5.41) is 0.568. The smallest absolute Gasteiger partial charge is 0.270 e. The quantitative estimate of drug-likeness (QED) is 0.558. The van der Waals surface area contributed by atoms with Crippen LogP contribution in [0.15, 0.2) is 30.3 Å². The van der Waals surface area contributed by atoms with E-state index in [1.54, 1.807) is 23.1 Å². The van der Waals surface area contributed by atoms with Crippen molar-refractivity contribution in [2.75, 3.05) is 44.3 Å². The van der Waals surface area contributed by atoms with E-state index in [-0.39, 0.29) is 24.1 Å². The summed E-state index contributed by atoms with van der Waals surface area (Å²) in [6.07, 6.45) is 0. The fourth-order valence-electron chi connectivity index (χ4n) is 2.91. The lowest BCUT2D eigenvalue weighted by molar-refractivity contribution is 0.0391. The molecule has 2 aromatic heterocycles. The van der Waals surface area contributed by atoms with Crippen LogP contribution in [0.2, 0.25) is 4.34 Å². The second-order valence-electron chi connectivity index (χ2n) is 6.12. The number of hydrogen-bond donors (Lipinski definition) is 0. The zero-order valence-electron chi connectivity index (χ0n) is 14.8. The molecule has 5 nitrogen and oxygen atoms in total. The highest BCUT2D eigenvalue weighted by atomic mass is 35.5. The van der Waals surface area contributed by atoms with Crippen molar-refractivity contribution < 1.29 is 13.9 Å². The number of benzene rings is 1. The number of halogens is 3. The molecule has 0 unspecified atom stereocenters. The first-order valence-electron chi connectivity index (χ1n) is 8.53. The van der Waals surface area contributed by atoms with Crippen LogP contribution in [0.3, 0.4) is 0 Å². The summed E-state index contributed by atoms with van der Waals surface area (Å²) in [6, 6.07) is 7.91. The number of carbonyl (C=O) groups is 1. The van der Waals surface area contributed by atoms with E-state index in [2.05, 4.69) is 9.88 Å². The van der Waals surface area contributed by atoms with Crippen molar-refractivity contribution in [1.29, 1.82) is 0 Å². The first-order chi connectivity index (χ1) is 13.1. The molecule has 4 rings (SSSR count). The van der Waals surface area contributed by atoms with Gasteiger partial charge in [-0.25, -0.2) is 9.37 Å². The third-order valence-electron chi connectivity index (χ3n) is 4.34. The fourth-order valence-corrected chi connectivity index (χ4v) is 4.92. The predicted octanol–water partition coefficient (Wildman–Crippen LogP) is 4.55. The summed E-state index contributed by atoms with van der Waals surface area (Å²) < 4.78 is 20.2. The van der Waals surface area contributed by atoms with Crippen LogP contribution in [0.5, 0.6) is 0 Å². The number of ether oxygens (including phenoxy) is 1. The van der Waals surface area contributed by atoms with E-state index in [1.807, 2.05) is 0 Å². The number of thiophene rings is 1. The van der Waals surface area contributed by atoms with Gasteiger partial charge in [-0.1, -0.05) is 22.9 Å². The number of fused-ring (bicyclic) bond motifs is 1. The molecule has 3 heterocycles. The molecule has 0 atom stereocenters. The number of thiazole rings is 1. The summed E-state index contributed by atoms with van der Waals surface area (Å²) in [5.41, 5.74) is 0.685. The lowest BCUT2D eigenvalue weighted by atomic mass is 10.3. The lowest BCUT2D eigenvalue weighted by Crippen LogP contribution is -2.43. The van der Waals surface area contributed by atoms with Gasteiger partial charge in [-0.15, -0.1) is 23.7 Å². The fraction of sp³-hybridized carbons (Fsp3) is 0.333. The molecular formula is C18H18Cl2FN3O2S2. The minimum Gasteiger partial charge on any atom is -0.379 e. The Morgan fingerprint density at radius 1 is 1.25 bits per heavy atom. The molecular weight excluding hydrogens is 444 g/mol. The Kier molecular flexibility index (Phi) is 7.25. The second kappa shape index (κ2) is 9.47. The Bertz CT molecular complexity index is 959. The summed E-state index contributed by atoms with van der Waals surface area (Å²) in [5.74, 6) is -0.450. The van der Waals surface area contributed by atoms with E-state index in [0.717, 1.165) is 24.3 Å². The molecule has 0 bridgehead atoms. The van der Waals surface area contributed by atoms with Crippen LogP contribution >= 0.6 is 46.7 Å². The molecule has 1 aliphatic heterocycles. The zero-order valence-corrected chi connectivity index (χ0v) is 18.0. The minimum atomic E-state index is -0.311. The average Bonchev–Trinajstić information content (AvgIpc) is 3.28. The van der Waals surface area contributed by atoms with Crippen molar-refractivity contribution in [2.45, 2.75) is 0 Å². The maximum absolute atomic E-state index is 13.5. The van der Waals surface area contributed by atoms with E-state index < -0.39 is 0 Å². The third-order valence-corrected chi connectivity index (χ3v) is 6.60.